The molecule has 38 heavy (non-hydrogen) atoms. The summed E-state index contributed by atoms with van der Waals surface area (Å²) in [5, 5.41) is 20.2. The average Bonchev–Trinajstić information content (AvgIpc) is 3.45. The predicted molar refractivity (Wildman–Crippen MR) is 155 cm³/mol. The van der Waals surface area contributed by atoms with Crippen LogP contribution in [-0.4, -0.2) is 20.6 Å². The van der Waals surface area contributed by atoms with Gasteiger partial charge in [-0.05, 0) is 35.4 Å². The summed E-state index contributed by atoms with van der Waals surface area (Å²) in [5.41, 5.74) is 6.40. The number of hydrogen-bond donors (Lipinski definition) is 2. The molecule has 0 aliphatic rings. The Bertz CT molecular complexity index is 1800. The average molecular weight is 563 g/mol. The number of aromatic nitrogens is 2. The molecule has 2 N–H and O–H groups in total. The molecule has 0 saturated carbocycles. The summed E-state index contributed by atoms with van der Waals surface area (Å²) in [6.07, 6.45) is 0.156. The Balaban J connectivity index is 1.37. The van der Waals surface area contributed by atoms with Crippen molar-refractivity contribution in [1.29, 1.82) is 0 Å². The Kier molecular flexibility index (Phi) is 6.35. The number of H-pyrrole nitrogens is 1. The normalized spacial score (nSPS) is 11.6. The van der Waals surface area contributed by atoms with Crippen molar-refractivity contribution in [1.82, 2.24) is 9.55 Å². The lowest BCUT2D eigenvalue weighted by Crippen LogP contribution is -2.05. The van der Waals surface area contributed by atoms with Crippen LogP contribution in [0.3, 0.4) is 0 Å². The summed E-state index contributed by atoms with van der Waals surface area (Å²) >= 11 is 3.43. The second-order valence-corrected chi connectivity index (χ2v) is 9.90. The fraction of sp³-hybridized carbons (Fsp3) is 0.0645. The number of nitrogens with zero attached hydrogens (tertiary/aromatic N) is 3. The third kappa shape index (κ3) is 4.41. The number of hydrogen-bond acceptors (Lipinski definition) is 3. The molecule has 0 aliphatic heterocycles. The van der Waals surface area contributed by atoms with Gasteiger partial charge in [-0.25, -0.2) is 0 Å². The van der Waals surface area contributed by atoms with E-state index < -0.39 is 0 Å². The molecule has 0 fully saturated rings. The fourth-order valence-corrected chi connectivity index (χ4v) is 5.29. The first-order valence-electron chi connectivity index (χ1n) is 12.3. The smallest absolute Gasteiger partial charge is 0.266 e. The minimum Gasteiger partial charge on any atom is -0.493 e. The van der Waals surface area contributed by atoms with Crippen molar-refractivity contribution in [2.75, 3.05) is 0 Å². The van der Waals surface area contributed by atoms with Crippen LogP contribution in [0.25, 0.3) is 44.2 Å². The molecule has 186 valence electrons. The lowest BCUT2D eigenvalue weighted by Gasteiger charge is -2.12. The number of nitrogens with one attached hydrogen (secondary N) is 1. The molecule has 2 aromatic heterocycles. The number of aryl methyl sites for hydroxylation is 1. The van der Waals surface area contributed by atoms with Gasteiger partial charge in [0.25, 0.3) is 5.91 Å². The van der Waals surface area contributed by atoms with E-state index in [9.17, 15) is 9.90 Å². The summed E-state index contributed by atoms with van der Waals surface area (Å²) < 4.78 is 3.04. The van der Waals surface area contributed by atoms with Crippen molar-refractivity contribution in [2.45, 2.75) is 13.0 Å². The van der Waals surface area contributed by atoms with Gasteiger partial charge in [0.15, 0.2) is 5.69 Å². The van der Waals surface area contributed by atoms with Gasteiger partial charge in [0.2, 0.25) is 5.88 Å². The second kappa shape index (κ2) is 10.1. The maximum Gasteiger partial charge on any atom is 0.266 e. The Morgan fingerprint density at radius 1 is 0.842 bits per heavy atom. The van der Waals surface area contributed by atoms with Crippen LogP contribution in [-0.2, 0) is 11.3 Å². The van der Waals surface area contributed by atoms with Crippen LogP contribution in [0.5, 0.6) is 5.88 Å². The first kappa shape index (κ1) is 23.9. The molecule has 4 aromatic carbocycles. The quantitative estimate of drug-likeness (QED) is 0.199. The molecule has 2 heterocycles. The molecule has 7 heteroatoms. The van der Waals surface area contributed by atoms with Gasteiger partial charge in [-0.2, -0.15) is 0 Å². The molecule has 6 rings (SSSR count). The molecule has 6 nitrogen and oxygen atoms in total. The number of halogens is 1. The molecule has 0 unspecified atom stereocenters. The van der Waals surface area contributed by atoms with Gasteiger partial charge in [-0.1, -0.05) is 94.8 Å². The number of aromatic hydroxyl groups is 1. The van der Waals surface area contributed by atoms with E-state index in [-0.39, 0.29) is 23.9 Å². The van der Waals surface area contributed by atoms with E-state index in [1.807, 2.05) is 66.7 Å². The summed E-state index contributed by atoms with van der Waals surface area (Å²) in [5.74, 6) is -0.489. The number of para-hydroxylation sites is 1. The summed E-state index contributed by atoms with van der Waals surface area (Å²) in [4.78, 5) is 15.8. The highest BCUT2D eigenvalue weighted by Crippen LogP contribution is 2.41. The van der Waals surface area contributed by atoms with Gasteiger partial charge >= 0.3 is 0 Å². The Hall–Kier alpha value is -4.49. The Morgan fingerprint density at radius 3 is 2.29 bits per heavy atom. The number of carbonyl (C=O) groups excluding carboxylic acids is 1. The Morgan fingerprint density at radius 2 is 1.53 bits per heavy atom. The summed E-state index contributed by atoms with van der Waals surface area (Å²) in [6, 6.07) is 34.3. The molecule has 0 aliphatic carbocycles. The topological polar surface area (TPSA) is 82.7 Å². The molecule has 0 atom stereocenters. The summed E-state index contributed by atoms with van der Waals surface area (Å²) in [7, 11) is 0. The van der Waals surface area contributed by atoms with E-state index >= 15 is 0 Å². The molecule has 0 radical (unpaired) electrons. The highest BCUT2D eigenvalue weighted by Gasteiger charge is 2.20. The highest BCUT2D eigenvalue weighted by atomic mass is 79.9. The standard InChI is InChI=1S/C31H23BrN4O2/c32-22-15-16-25-24(19-22)29(31(38)33-25)35-34-27(37)17-18-36-26-14-8-7-13-23(26)28(20-9-3-1-4-10-20)30(36)21-11-5-2-6-12-21/h1-16,19,33,38H,17-18H2. The van der Waals surface area contributed by atoms with E-state index in [1.165, 1.54) is 0 Å². The van der Waals surface area contributed by atoms with Crippen LogP contribution in [0.4, 0.5) is 5.69 Å². The minimum atomic E-state index is -0.369. The van der Waals surface area contributed by atoms with Gasteiger partial charge in [0.05, 0.1) is 11.2 Å². The van der Waals surface area contributed by atoms with Crippen molar-refractivity contribution < 1.29 is 9.90 Å². The molecule has 0 bridgehead atoms. The van der Waals surface area contributed by atoms with Crippen LogP contribution >= 0.6 is 15.9 Å². The highest BCUT2D eigenvalue weighted by molar-refractivity contribution is 9.10. The number of fused-ring (bicyclic) bond motifs is 2. The number of amides is 1. The van der Waals surface area contributed by atoms with Crippen molar-refractivity contribution in [3.8, 4) is 28.3 Å². The fourth-order valence-electron chi connectivity index (χ4n) is 4.93. The third-order valence-corrected chi connectivity index (χ3v) is 7.10. The number of rotatable bonds is 6. The van der Waals surface area contributed by atoms with Gasteiger partial charge in [-0.15, -0.1) is 10.2 Å². The van der Waals surface area contributed by atoms with E-state index in [0.29, 0.717) is 17.4 Å². The van der Waals surface area contributed by atoms with E-state index in [0.717, 1.165) is 37.8 Å². The van der Waals surface area contributed by atoms with Gasteiger partial charge in [0.1, 0.15) is 0 Å². The monoisotopic (exact) mass is 562 g/mol. The van der Waals surface area contributed by atoms with Crippen molar-refractivity contribution in [3.63, 3.8) is 0 Å². The Labute approximate surface area is 227 Å². The zero-order valence-corrected chi connectivity index (χ0v) is 21.9. The van der Waals surface area contributed by atoms with E-state index in [4.69, 9.17) is 0 Å². The molecular weight excluding hydrogens is 540 g/mol. The number of carbonyl (C=O) groups is 1. The lowest BCUT2D eigenvalue weighted by atomic mass is 9.98. The van der Waals surface area contributed by atoms with Crippen LogP contribution in [0.1, 0.15) is 6.42 Å². The number of benzene rings is 4. The van der Waals surface area contributed by atoms with Crippen molar-refractivity contribution in [3.05, 3.63) is 108 Å². The van der Waals surface area contributed by atoms with Crippen LogP contribution in [0.2, 0.25) is 0 Å². The van der Waals surface area contributed by atoms with E-state index in [2.05, 4.69) is 72.1 Å². The largest absolute Gasteiger partial charge is 0.493 e. The van der Waals surface area contributed by atoms with Gasteiger partial charge < -0.3 is 14.7 Å². The number of azo groups is 1. The van der Waals surface area contributed by atoms with Crippen molar-refractivity contribution in [2.24, 2.45) is 10.2 Å². The van der Waals surface area contributed by atoms with Gasteiger partial charge in [0, 0.05) is 39.3 Å². The zero-order valence-electron chi connectivity index (χ0n) is 20.3. The zero-order chi connectivity index (χ0) is 26.1. The SMILES string of the molecule is O=C(CCn1c(-c2ccccc2)c(-c2ccccc2)c2ccccc21)N=Nc1c(O)[nH]c2ccc(Br)cc12. The molecule has 6 aromatic rings. The number of aromatic amines is 1. The van der Waals surface area contributed by atoms with Crippen LogP contribution < -0.4 is 0 Å². The minimum absolute atomic E-state index is 0.120. The van der Waals surface area contributed by atoms with Gasteiger partial charge in [-0.3, -0.25) is 4.79 Å². The van der Waals surface area contributed by atoms with Crippen molar-refractivity contribution >= 4 is 49.3 Å². The summed E-state index contributed by atoms with van der Waals surface area (Å²) in [6.45, 7) is 0.431. The molecule has 0 spiro atoms. The first-order valence-corrected chi connectivity index (χ1v) is 13.1. The second-order valence-electron chi connectivity index (χ2n) is 8.98. The maximum absolute atomic E-state index is 12.9. The lowest BCUT2D eigenvalue weighted by molar-refractivity contribution is -0.118. The van der Waals surface area contributed by atoms with E-state index in [1.54, 1.807) is 0 Å². The predicted octanol–water partition coefficient (Wildman–Crippen LogP) is 8.63. The third-order valence-electron chi connectivity index (χ3n) is 6.61. The maximum atomic E-state index is 12.9. The first-order chi connectivity index (χ1) is 18.6. The molecule has 0 saturated heterocycles. The molecule has 1 amide bonds. The van der Waals surface area contributed by atoms with Crippen LogP contribution in [0.15, 0.2) is 118 Å². The molecular formula is C31H23BrN4O2. The van der Waals surface area contributed by atoms with Crippen LogP contribution in [0, 0.1) is 0 Å².